The second-order valence-electron chi connectivity index (χ2n) is 8.86. The number of pyridine rings is 1. The summed E-state index contributed by atoms with van der Waals surface area (Å²) >= 11 is 0. The number of amides is 2. The molecule has 2 fully saturated rings. The number of primary amides is 1. The van der Waals surface area contributed by atoms with E-state index in [1.807, 2.05) is 19.1 Å². The monoisotopic (exact) mass is 432 g/mol. The summed E-state index contributed by atoms with van der Waals surface area (Å²) in [4.78, 5) is 34.7. The van der Waals surface area contributed by atoms with Crippen LogP contribution in [-0.2, 0) is 16.1 Å². The fourth-order valence-electron chi connectivity index (χ4n) is 4.88. The zero-order valence-electron chi connectivity index (χ0n) is 18.3. The van der Waals surface area contributed by atoms with Crippen LogP contribution in [0.15, 0.2) is 36.7 Å². The number of hydrogen-bond acceptors (Lipinski definition) is 5. The van der Waals surface area contributed by atoms with Crippen LogP contribution in [0.25, 0.3) is 0 Å². The third-order valence-corrected chi connectivity index (χ3v) is 6.68. The van der Waals surface area contributed by atoms with E-state index in [1.54, 1.807) is 12.3 Å². The summed E-state index contributed by atoms with van der Waals surface area (Å²) in [6.07, 6.45) is 8.37. The lowest BCUT2D eigenvalue weighted by Crippen LogP contribution is -2.36. The van der Waals surface area contributed by atoms with Crippen LogP contribution in [-0.4, -0.2) is 28.5 Å². The number of nitrogens with two attached hydrogens (primary N) is 1. The summed E-state index contributed by atoms with van der Waals surface area (Å²) < 4.78 is 0. The Morgan fingerprint density at radius 1 is 1.19 bits per heavy atom. The molecule has 166 valence electrons. The zero-order chi connectivity index (χ0) is 22.7. The molecule has 4 rings (SSSR count). The first kappa shape index (κ1) is 22.0. The topological polar surface area (TPSA) is 109 Å². The normalized spacial score (nSPS) is 23.0. The lowest BCUT2D eigenvalue weighted by atomic mass is 9.78. The summed E-state index contributed by atoms with van der Waals surface area (Å²) in [7, 11) is 0. The summed E-state index contributed by atoms with van der Waals surface area (Å²) in [5.41, 5.74) is 9.40. The second-order valence-corrected chi connectivity index (χ2v) is 8.86. The van der Waals surface area contributed by atoms with Gasteiger partial charge in [-0.15, -0.1) is 0 Å². The molecule has 2 heterocycles. The van der Waals surface area contributed by atoms with E-state index in [0.29, 0.717) is 30.1 Å². The van der Waals surface area contributed by atoms with Gasteiger partial charge < -0.3 is 5.73 Å². The molecule has 2 N–H and O–H groups in total. The third kappa shape index (κ3) is 4.66. The SMILES string of the molecule is Cc1ccc(C[C@H]2CC[C@H](C(=O)N3OCC[C@H]3c3cncc(C#N)c3)CC2)cc1C(N)=O. The van der Waals surface area contributed by atoms with Crippen LogP contribution in [0.1, 0.15) is 70.8 Å². The highest BCUT2D eigenvalue weighted by atomic mass is 16.7. The number of carbonyl (C=O) groups excluding carboxylic acids is 2. The number of hydroxylamine groups is 2. The second kappa shape index (κ2) is 9.49. The van der Waals surface area contributed by atoms with Crippen LogP contribution in [0.2, 0.25) is 0 Å². The van der Waals surface area contributed by atoms with Crippen LogP contribution >= 0.6 is 0 Å². The van der Waals surface area contributed by atoms with Gasteiger partial charge in [0.25, 0.3) is 0 Å². The van der Waals surface area contributed by atoms with Crippen molar-refractivity contribution in [2.75, 3.05) is 6.61 Å². The van der Waals surface area contributed by atoms with Crippen molar-refractivity contribution >= 4 is 11.8 Å². The number of aryl methyl sites for hydroxylation is 1. The van der Waals surface area contributed by atoms with Gasteiger partial charge >= 0.3 is 0 Å². The number of aromatic nitrogens is 1. The molecule has 0 bridgehead atoms. The smallest absolute Gasteiger partial charge is 0.249 e. The number of hydrogen-bond donors (Lipinski definition) is 1. The summed E-state index contributed by atoms with van der Waals surface area (Å²) in [6.45, 7) is 2.37. The number of carbonyl (C=O) groups is 2. The lowest BCUT2D eigenvalue weighted by molar-refractivity contribution is -0.183. The maximum Gasteiger partial charge on any atom is 0.249 e. The molecular formula is C25H28N4O3. The number of nitriles is 1. The molecule has 1 atom stereocenters. The Balaban J connectivity index is 1.36. The van der Waals surface area contributed by atoms with Crippen molar-refractivity contribution < 1.29 is 14.4 Å². The maximum absolute atomic E-state index is 13.2. The molecule has 1 aliphatic heterocycles. The fourth-order valence-corrected chi connectivity index (χ4v) is 4.88. The molecule has 2 aliphatic rings. The molecule has 1 aromatic carbocycles. The average molecular weight is 433 g/mol. The summed E-state index contributed by atoms with van der Waals surface area (Å²) in [6, 6.07) is 9.61. The van der Waals surface area contributed by atoms with E-state index in [1.165, 1.54) is 11.3 Å². The van der Waals surface area contributed by atoms with E-state index >= 15 is 0 Å². The van der Waals surface area contributed by atoms with E-state index in [2.05, 4.69) is 17.1 Å². The Labute approximate surface area is 188 Å². The molecule has 0 unspecified atom stereocenters. The highest BCUT2D eigenvalue weighted by Gasteiger charge is 2.37. The van der Waals surface area contributed by atoms with Crippen molar-refractivity contribution in [1.29, 1.82) is 5.26 Å². The van der Waals surface area contributed by atoms with Gasteiger partial charge in [-0.3, -0.25) is 19.4 Å². The van der Waals surface area contributed by atoms with E-state index in [4.69, 9.17) is 15.8 Å². The van der Waals surface area contributed by atoms with Gasteiger partial charge in [-0.1, -0.05) is 12.1 Å². The van der Waals surface area contributed by atoms with Crippen molar-refractivity contribution in [2.24, 2.45) is 17.6 Å². The highest BCUT2D eigenvalue weighted by Crippen LogP contribution is 2.37. The average Bonchev–Trinajstić information content (AvgIpc) is 3.30. The van der Waals surface area contributed by atoms with E-state index in [0.717, 1.165) is 48.8 Å². The molecule has 1 saturated carbocycles. The van der Waals surface area contributed by atoms with Crippen LogP contribution in [0.3, 0.4) is 0 Å². The molecule has 1 aliphatic carbocycles. The van der Waals surface area contributed by atoms with Crippen molar-refractivity contribution in [3.63, 3.8) is 0 Å². The molecule has 32 heavy (non-hydrogen) atoms. The fraction of sp³-hybridized carbons (Fsp3) is 0.440. The Morgan fingerprint density at radius 3 is 2.69 bits per heavy atom. The molecule has 2 aromatic rings. The minimum atomic E-state index is -0.394. The predicted octanol–water partition coefficient (Wildman–Crippen LogP) is 3.61. The van der Waals surface area contributed by atoms with Crippen molar-refractivity contribution in [3.8, 4) is 6.07 Å². The van der Waals surface area contributed by atoms with Crippen molar-refractivity contribution in [2.45, 2.75) is 51.5 Å². The van der Waals surface area contributed by atoms with Gasteiger partial charge in [-0.05, 0) is 73.8 Å². The summed E-state index contributed by atoms with van der Waals surface area (Å²) in [5.74, 6) is 0.0569. The number of benzene rings is 1. The Bertz CT molecular complexity index is 1050. The first-order valence-corrected chi connectivity index (χ1v) is 11.2. The van der Waals surface area contributed by atoms with Gasteiger partial charge in [-0.25, -0.2) is 5.06 Å². The first-order chi connectivity index (χ1) is 15.5. The number of rotatable bonds is 5. The molecule has 2 amide bonds. The molecule has 0 radical (unpaired) electrons. The molecular weight excluding hydrogens is 404 g/mol. The Morgan fingerprint density at radius 2 is 1.97 bits per heavy atom. The van der Waals surface area contributed by atoms with Gasteiger partial charge in [0.15, 0.2) is 0 Å². The lowest BCUT2D eigenvalue weighted by Gasteiger charge is -2.32. The molecule has 0 spiro atoms. The summed E-state index contributed by atoms with van der Waals surface area (Å²) in [5, 5.41) is 10.7. The Kier molecular flexibility index (Phi) is 6.52. The van der Waals surface area contributed by atoms with Crippen molar-refractivity contribution in [3.05, 3.63) is 64.5 Å². The van der Waals surface area contributed by atoms with Gasteiger partial charge in [-0.2, -0.15) is 5.26 Å². The van der Waals surface area contributed by atoms with Crippen LogP contribution in [0.4, 0.5) is 0 Å². The highest BCUT2D eigenvalue weighted by molar-refractivity contribution is 5.94. The Hall–Kier alpha value is -3.24. The third-order valence-electron chi connectivity index (χ3n) is 6.68. The standard InChI is InChI=1S/C25H28N4O3/c1-16-2-3-18(12-22(16)24(27)30)10-17-4-6-20(7-5-17)25(31)29-23(8-9-32-29)21-11-19(13-26)14-28-15-21/h2-3,11-12,14-15,17,20,23H,4-10H2,1H3,(H2,27,30)/t17-,20-,23-/m0/s1. The van der Waals surface area contributed by atoms with Crippen LogP contribution in [0, 0.1) is 30.1 Å². The molecule has 1 aromatic heterocycles. The molecule has 7 nitrogen and oxygen atoms in total. The predicted molar refractivity (Wildman–Crippen MR) is 118 cm³/mol. The minimum Gasteiger partial charge on any atom is -0.366 e. The van der Waals surface area contributed by atoms with Crippen LogP contribution < -0.4 is 5.73 Å². The van der Waals surface area contributed by atoms with E-state index in [9.17, 15) is 9.59 Å². The van der Waals surface area contributed by atoms with Gasteiger partial charge in [0.1, 0.15) is 6.07 Å². The van der Waals surface area contributed by atoms with Crippen molar-refractivity contribution in [1.82, 2.24) is 10.0 Å². The number of nitrogens with zero attached hydrogens (tertiary/aromatic N) is 3. The minimum absolute atomic E-state index is 0.0275. The maximum atomic E-state index is 13.2. The van der Waals surface area contributed by atoms with E-state index in [-0.39, 0.29) is 17.9 Å². The van der Waals surface area contributed by atoms with Crippen LogP contribution in [0.5, 0.6) is 0 Å². The van der Waals surface area contributed by atoms with E-state index < -0.39 is 5.91 Å². The van der Waals surface area contributed by atoms with Gasteiger partial charge in [0.2, 0.25) is 11.8 Å². The molecule has 1 saturated heterocycles. The van der Waals surface area contributed by atoms with Gasteiger partial charge in [0.05, 0.1) is 18.2 Å². The molecule has 7 heteroatoms. The first-order valence-electron chi connectivity index (χ1n) is 11.2. The zero-order valence-corrected chi connectivity index (χ0v) is 18.3. The largest absolute Gasteiger partial charge is 0.366 e. The van der Waals surface area contributed by atoms with Gasteiger partial charge in [0, 0.05) is 30.3 Å². The quantitative estimate of drug-likeness (QED) is 0.776.